The van der Waals surface area contributed by atoms with Crippen LogP contribution in [0.4, 0.5) is 4.39 Å². The van der Waals surface area contributed by atoms with Crippen LogP contribution in [-0.4, -0.2) is 29.7 Å². The molecule has 0 unspecified atom stereocenters. The van der Waals surface area contributed by atoms with Crippen molar-refractivity contribution in [1.29, 1.82) is 0 Å². The quantitative estimate of drug-likeness (QED) is 0.854. The lowest BCUT2D eigenvalue weighted by Gasteiger charge is -2.35. The standard InChI is InChI=1S/C19H23FN2O3/c1-10-8-9-13-16(19(25)22(3)18(13)24)15(10)17(23)21-11(2)12-6-4-5-7-14(12)20/h4-7,10-11,13,15-16H,8-9H2,1-3H3,(H,21,23)/t10-,11+,13+,15-,16+/m1/s1. The third-order valence-corrected chi connectivity index (χ3v) is 5.66. The van der Waals surface area contributed by atoms with Crippen LogP contribution >= 0.6 is 0 Å². The third-order valence-electron chi connectivity index (χ3n) is 5.66. The Labute approximate surface area is 146 Å². The Bertz CT molecular complexity index is 720. The van der Waals surface area contributed by atoms with Gasteiger partial charge in [0.05, 0.1) is 23.8 Å². The lowest BCUT2D eigenvalue weighted by atomic mass is 9.67. The zero-order valence-electron chi connectivity index (χ0n) is 14.7. The van der Waals surface area contributed by atoms with Gasteiger partial charge >= 0.3 is 0 Å². The van der Waals surface area contributed by atoms with Gasteiger partial charge in [-0.25, -0.2) is 4.39 Å². The maximum atomic E-state index is 13.9. The molecule has 1 heterocycles. The highest BCUT2D eigenvalue weighted by atomic mass is 19.1. The first kappa shape index (κ1) is 17.6. The number of fused-ring (bicyclic) bond motifs is 1. The average molecular weight is 346 g/mol. The SMILES string of the molecule is C[C@H](NC(=O)[C@H]1[C@H]2C(=O)N(C)C(=O)[C@H]2CC[C@H]1C)c1ccccc1F. The lowest BCUT2D eigenvalue weighted by Crippen LogP contribution is -2.46. The summed E-state index contributed by atoms with van der Waals surface area (Å²) in [6.07, 6.45) is 1.35. The number of likely N-dealkylation sites (tertiary alicyclic amines) is 1. The van der Waals surface area contributed by atoms with Gasteiger partial charge in [0.2, 0.25) is 17.7 Å². The summed E-state index contributed by atoms with van der Waals surface area (Å²) in [6.45, 7) is 3.65. The van der Waals surface area contributed by atoms with Crippen molar-refractivity contribution in [2.24, 2.45) is 23.7 Å². The summed E-state index contributed by atoms with van der Waals surface area (Å²) in [7, 11) is 1.48. The number of rotatable bonds is 3. The summed E-state index contributed by atoms with van der Waals surface area (Å²) in [5.74, 6) is -2.71. The molecule has 1 aliphatic heterocycles. The van der Waals surface area contributed by atoms with Gasteiger partial charge in [-0.15, -0.1) is 0 Å². The molecule has 0 spiro atoms. The van der Waals surface area contributed by atoms with Gasteiger partial charge in [-0.3, -0.25) is 19.3 Å². The van der Waals surface area contributed by atoms with Crippen molar-refractivity contribution in [1.82, 2.24) is 10.2 Å². The molecular formula is C19H23FN2O3. The molecule has 6 heteroatoms. The number of hydrogen-bond donors (Lipinski definition) is 1. The van der Waals surface area contributed by atoms with Crippen LogP contribution in [0.15, 0.2) is 24.3 Å². The average Bonchev–Trinajstić information content (AvgIpc) is 2.79. The van der Waals surface area contributed by atoms with Crippen molar-refractivity contribution in [3.05, 3.63) is 35.6 Å². The maximum Gasteiger partial charge on any atom is 0.233 e. The van der Waals surface area contributed by atoms with Crippen LogP contribution in [0.1, 0.15) is 38.3 Å². The van der Waals surface area contributed by atoms with E-state index < -0.39 is 23.8 Å². The Morgan fingerprint density at radius 2 is 1.92 bits per heavy atom. The van der Waals surface area contributed by atoms with E-state index in [4.69, 9.17) is 0 Å². The van der Waals surface area contributed by atoms with E-state index in [0.29, 0.717) is 12.0 Å². The number of carbonyl (C=O) groups is 3. The number of halogens is 1. The van der Waals surface area contributed by atoms with Crippen molar-refractivity contribution in [2.45, 2.75) is 32.7 Å². The number of benzene rings is 1. The molecule has 1 aromatic rings. The van der Waals surface area contributed by atoms with Gasteiger partial charge in [0.1, 0.15) is 5.82 Å². The summed E-state index contributed by atoms with van der Waals surface area (Å²) >= 11 is 0. The lowest BCUT2D eigenvalue weighted by molar-refractivity contribution is -0.141. The molecule has 2 fully saturated rings. The highest BCUT2D eigenvalue weighted by molar-refractivity contribution is 6.06. The van der Waals surface area contributed by atoms with E-state index in [2.05, 4.69) is 5.32 Å². The van der Waals surface area contributed by atoms with Gasteiger partial charge in [-0.1, -0.05) is 25.1 Å². The molecule has 0 bridgehead atoms. The van der Waals surface area contributed by atoms with Gasteiger partial charge in [-0.2, -0.15) is 0 Å². The molecular weight excluding hydrogens is 323 g/mol. The number of imide groups is 1. The summed E-state index contributed by atoms with van der Waals surface area (Å²) in [5.41, 5.74) is 0.404. The van der Waals surface area contributed by atoms with Crippen molar-refractivity contribution >= 4 is 17.7 Å². The molecule has 3 rings (SSSR count). The largest absolute Gasteiger partial charge is 0.349 e. The highest BCUT2D eigenvalue weighted by Crippen LogP contribution is 2.44. The number of carbonyl (C=O) groups excluding carboxylic acids is 3. The Morgan fingerprint density at radius 3 is 2.60 bits per heavy atom. The minimum atomic E-state index is -0.603. The van der Waals surface area contributed by atoms with E-state index in [1.807, 2.05) is 6.92 Å². The maximum absolute atomic E-state index is 13.9. The molecule has 0 radical (unpaired) electrons. The van der Waals surface area contributed by atoms with Gasteiger partial charge in [-0.05, 0) is 31.7 Å². The zero-order valence-corrected chi connectivity index (χ0v) is 14.7. The molecule has 5 nitrogen and oxygen atoms in total. The molecule has 1 saturated carbocycles. The van der Waals surface area contributed by atoms with Crippen molar-refractivity contribution in [3.63, 3.8) is 0 Å². The first-order valence-electron chi connectivity index (χ1n) is 8.69. The molecule has 1 saturated heterocycles. The smallest absolute Gasteiger partial charge is 0.233 e. The van der Waals surface area contributed by atoms with Crippen LogP contribution in [-0.2, 0) is 14.4 Å². The van der Waals surface area contributed by atoms with Crippen LogP contribution in [0.25, 0.3) is 0 Å². The Balaban J connectivity index is 1.81. The minimum absolute atomic E-state index is 0.00248. The molecule has 2 aliphatic rings. The van der Waals surface area contributed by atoms with Gasteiger partial charge in [0.15, 0.2) is 0 Å². The fraction of sp³-hybridized carbons (Fsp3) is 0.526. The van der Waals surface area contributed by atoms with Crippen molar-refractivity contribution in [2.75, 3.05) is 7.05 Å². The Kier molecular flexibility index (Phi) is 4.62. The summed E-state index contributed by atoms with van der Waals surface area (Å²) in [5, 5.41) is 2.84. The normalized spacial score (nSPS) is 30.2. The predicted molar refractivity (Wildman–Crippen MR) is 89.6 cm³/mol. The Hall–Kier alpha value is -2.24. The van der Waals surface area contributed by atoms with E-state index in [-0.39, 0.29) is 29.5 Å². The summed E-state index contributed by atoms with van der Waals surface area (Å²) in [4.78, 5) is 38.8. The third kappa shape index (κ3) is 2.94. The van der Waals surface area contributed by atoms with Crippen LogP contribution < -0.4 is 5.32 Å². The van der Waals surface area contributed by atoms with E-state index in [0.717, 1.165) is 11.3 Å². The molecule has 0 aromatic heterocycles. The molecule has 5 atom stereocenters. The fourth-order valence-electron chi connectivity index (χ4n) is 4.22. The number of amides is 3. The molecule has 1 N–H and O–H groups in total. The monoisotopic (exact) mass is 346 g/mol. The molecule has 134 valence electrons. The first-order valence-corrected chi connectivity index (χ1v) is 8.69. The van der Waals surface area contributed by atoms with Crippen LogP contribution in [0, 0.1) is 29.5 Å². The van der Waals surface area contributed by atoms with Crippen molar-refractivity contribution in [3.8, 4) is 0 Å². The van der Waals surface area contributed by atoms with Gasteiger partial charge in [0, 0.05) is 12.6 Å². The summed E-state index contributed by atoms with van der Waals surface area (Å²) < 4.78 is 13.9. The molecule has 1 aliphatic carbocycles. The van der Waals surface area contributed by atoms with E-state index in [9.17, 15) is 18.8 Å². The van der Waals surface area contributed by atoms with Gasteiger partial charge < -0.3 is 5.32 Å². The van der Waals surface area contributed by atoms with Crippen molar-refractivity contribution < 1.29 is 18.8 Å². The second-order valence-electron chi connectivity index (χ2n) is 7.20. The molecule has 25 heavy (non-hydrogen) atoms. The Morgan fingerprint density at radius 1 is 1.24 bits per heavy atom. The molecule has 3 amide bonds. The highest BCUT2D eigenvalue weighted by Gasteiger charge is 2.55. The fourth-order valence-corrected chi connectivity index (χ4v) is 4.22. The van der Waals surface area contributed by atoms with E-state index in [1.54, 1.807) is 25.1 Å². The summed E-state index contributed by atoms with van der Waals surface area (Å²) in [6, 6.07) is 5.79. The zero-order chi connectivity index (χ0) is 18.3. The van der Waals surface area contributed by atoms with Crippen LogP contribution in [0.3, 0.4) is 0 Å². The number of hydrogen-bond acceptors (Lipinski definition) is 3. The second kappa shape index (κ2) is 6.58. The van der Waals surface area contributed by atoms with E-state index >= 15 is 0 Å². The number of nitrogens with one attached hydrogen (secondary N) is 1. The second-order valence-corrected chi connectivity index (χ2v) is 7.20. The number of nitrogens with zero attached hydrogens (tertiary/aromatic N) is 1. The van der Waals surface area contributed by atoms with Crippen LogP contribution in [0.5, 0.6) is 0 Å². The van der Waals surface area contributed by atoms with Gasteiger partial charge in [0.25, 0.3) is 0 Å². The minimum Gasteiger partial charge on any atom is -0.349 e. The first-order chi connectivity index (χ1) is 11.8. The predicted octanol–water partition coefficient (Wildman–Crippen LogP) is 2.28. The van der Waals surface area contributed by atoms with Crippen LogP contribution in [0.2, 0.25) is 0 Å². The molecule has 1 aromatic carbocycles. The topological polar surface area (TPSA) is 66.5 Å². The van der Waals surface area contributed by atoms with E-state index in [1.165, 1.54) is 13.1 Å².